The van der Waals surface area contributed by atoms with Gasteiger partial charge in [0.1, 0.15) is 5.82 Å². The quantitative estimate of drug-likeness (QED) is 0.790. The first kappa shape index (κ1) is 18.1. The summed E-state index contributed by atoms with van der Waals surface area (Å²) in [7, 11) is 0. The Labute approximate surface area is 152 Å². The molecule has 5 nitrogen and oxygen atoms in total. The van der Waals surface area contributed by atoms with Crippen molar-refractivity contribution in [3.8, 4) is 0 Å². The van der Waals surface area contributed by atoms with Crippen molar-refractivity contribution in [3.05, 3.63) is 65.0 Å². The van der Waals surface area contributed by atoms with Crippen molar-refractivity contribution in [2.24, 2.45) is 0 Å². The van der Waals surface area contributed by atoms with Gasteiger partial charge in [0.05, 0.1) is 16.8 Å². The number of hydrogen-bond acceptors (Lipinski definition) is 3. The molecule has 3 N–H and O–H groups in total. The van der Waals surface area contributed by atoms with Crippen LogP contribution in [-0.4, -0.2) is 30.9 Å². The lowest BCUT2D eigenvalue weighted by Gasteiger charge is -2.24. The highest BCUT2D eigenvalue weighted by Crippen LogP contribution is 2.22. The molecule has 1 heterocycles. The highest BCUT2D eigenvalue weighted by atomic mass is 19.1. The topological polar surface area (TPSA) is 70.2 Å². The number of carbonyl (C=O) groups excluding carboxylic acids is 2. The summed E-state index contributed by atoms with van der Waals surface area (Å²) < 4.78 is 13.9. The van der Waals surface area contributed by atoms with Crippen molar-refractivity contribution in [3.63, 3.8) is 0 Å². The maximum atomic E-state index is 13.9. The Bertz CT molecular complexity index is 816. The summed E-state index contributed by atoms with van der Waals surface area (Å²) in [6, 6.07) is 11.1. The molecular formula is C20H22FN3O2. The molecule has 26 heavy (non-hydrogen) atoms. The second-order valence-corrected chi connectivity index (χ2v) is 6.43. The minimum absolute atomic E-state index is 0.0551. The van der Waals surface area contributed by atoms with Crippen molar-refractivity contribution in [1.29, 1.82) is 0 Å². The minimum Gasteiger partial charge on any atom is -0.349 e. The summed E-state index contributed by atoms with van der Waals surface area (Å²) in [6.45, 7) is 3.55. The molecule has 0 radical (unpaired) electrons. The zero-order chi connectivity index (χ0) is 18.5. The molecular weight excluding hydrogens is 333 g/mol. The Morgan fingerprint density at radius 3 is 2.42 bits per heavy atom. The summed E-state index contributed by atoms with van der Waals surface area (Å²) in [6.07, 6.45) is 1.74. The predicted octanol–water partition coefficient (Wildman–Crippen LogP) is 2.87. The van der Waals surface area contributed by atoms with Crippen LogP contribution in [0.15, 0.2) is 42.5 Å². The maximum Gasteiger partial charge on any atom is 0.258 e. The number of halogens is 1. The normalized spacial score (nSPS) is 14.7. The van der Waals surface area contributed by atoms with Gasteiger partial charge in [-0.1, -0.05) is 24.3 Å². The number of nitrogens with one attached hydrogen (secondary N) is 3. The predicted molar refractivity (Wildman–Crippen MR) is 98.9 cm³/mol. The number of aryl methyl sites for hydroxylation is 1. The van der Waals surface area contributed by atoms with E-state index in [2.05, 4.69) is 16.0 Å². The Morgan fingerprint density at radius 1 is 1.00 bits per heavy atom. The molecule has 0 saturated carbocycles. The van der Waals surface area contributed by atoms with E-state index in [0.29, 0.717) is 11.3 Å². The lowest BCUT2D eigenvalue weighted by atomic mass is 10.0. The zero-order valence-corrected chi connectivity index (χ0v) is 14.6. The average Bonchev–Trinajstić information content (AvgIpc) is 2.64. The van der Waals surface area contributed by atoms with Gasteiger partial charge < -0.3 is 16.0 Å². The van der Waals surface area contributed by atoms with Crippen molar-refractivity contribution >= 4 is 17.5 Å². The fourth-order valence-corrected chi connectivity index (χ4v) is 3.08. The molecule has 1 fully saturated rings. The summed E-state index contributed by atoms with van der Waals surface area (Å²) in [5.41, 5.74) is 1.48. The van der Waals surface area contributed by atoms with Crippen LogP contribution in [0.1, 0.15) is 39.1 Å². The second-order valence-electron chi connectivity index (χ2n) is 6.43. The van der Waals surface area contributed by atoms with E-state index < -0.39 is 11.7 Å². The maximum absolute atomic E-state index is 13.9. The van der Waals surface area contributed by atoms with Gasteiger partial charge in [-0.3, -0.25) is 9.59 Å². The smallest absolute Gasteiger partial charge is 0.258 e. The summed E-state index contributed by atoms with van der Waals surface area (Å²) >= 11 is 0. The van der Waals surface area contributed by atoms with Crippen molar-refractivity contribution in [2.75, 3.05) is 18.4 Å². The largest absolute Gasteiger partial charge is 0.349 e. The molecule has 2 aromatic rings. The van der Waals surface area contributed by atoms with Gasteiger partial charge in [-0.15, -0.1) is 0 Å². The van der Waals surface area contributed by atoms with Crippen LogP contribution in [-0.2, 0) is 0 Å². The molecule has 1 saturated heterocycles. The minimum atomic E-state index is -0.598. The fraction of sp³-hybridized carbons (Fsp3) is 0.300. The van der Waals surface area contributed by atoms with E-state index in [1.165, 1.54) is 18.2 Å². The molecule has 3 rings (SSSR count). The van der Waals surface area contributed by atoms with Crippen molar-refractivity contribution in [2.45, 2.75) is 25.8 Å². The number of para-hydroxylation sites is 1. The van der Waals surface area contributed by atoms with Crippen molar-refractivity contribution < 1.29 is 14.0 Å². The lowest BCUT2D eigenvalue weighted by Crippen LogP contribution is -2.42. The number of carbonyl (C=O) groups is 2. The molecule has 0 atom stereocenters. The molecule has 1 aliphatic rings. The summed E-state index contributed by atoms with van der Waals surface area (Å²) in [4.78, 5) is 25.2. The molecule has 0 bridgehead atoms. The van der Waals surface area contributed by atoms with E-state index in [9.17, 15) is 14.0 Å². The number of hydrogen-bond donors (Lipinski definition) is 3. The molecule has 2 aromatic carbocycles. The Balaban J connectivity index is 1.82. The van der Waals surface area contributed by atoms with Crippen molar-refractivity contribution in [1.82, 2.24) is 10.6 Å². The highest BCUT2D eigenvalue weighted by Gasteiger charge is 2.21. The van der Waals surface area contributed by atoms with Crippen LogP contribution < -0.4 is 16.0 Å². The third kappa shape index (κ3) is 4.08. The number of anilines is 1. The van der Waals surface area contributed by atoms with E-state index in [0.717, 1.165) is 31.5 Å². The standard InChI is InChI=1S/C20H22FN3O2/c1-13-5-4-7-16(20(26)23-14-9-11-22-12-10-14)18(13)24-19(25)15-6-2-3-8-17(15)21/h2-8,14,22H,9-12H2,1H3,(H,23,26)(H,24,25). The number of amides is 2. The first-order valence-corrected chi connectivity index (χ1v) is 8.73. The Kier molecular flexibility index (Phi) is 5.63. The number of piperidine rings is 1. The van der Waals surface area contributed by atoms with E-state index >= 15 is 0 Å². The summed E-state index contributed by atoms with van der Waals surface area (Å²) in [5.74, 6) is -1.41. The van der Waals surface area contributed by atoms with Crippen LogP contribution in [0.4, 0.5) is 10.1 Å². The van der Waals surface area contributed by atoms with Gasteiger partial charge >= 0.3 is 0 Å². The van der Waals surface area contributed by atoms with E-state index in [4.69, 9.17) is 0 Å². The molecule has 0 spiro atoms. The van der Waals surface area contributed by atoms with Gasteiger partial charge in [-0.25, -0.2) is 4.39 Å². The Morgan fingerprint density at radius 2 is 1.69 bits per heavy atom. The van der Waals surface area contributed by atoms with E-state index in [1.54, 1.807) is 31.2 Å². The van der Waals surface area contributed by atoms with E-state index in [1.807, 2.05) is 0 Å². The third-order valence-electron chi connectivity index (χ3n) is 4.55. The second kappa shape index (κ2) is 8.10. The van der Waals surface area contributed by atoms with Crippen LogP contribution in [0.5, 0.6) is 0 Å². The van der Waals surface area contributed by atoms with Gasteiger partial charge in [-0.2, -0.15) is 0 Å². The Hall–Kier alpha value is -2.73. The first-order valence-electron chi connectivity index (χ1n) is 8.73. The molecule has 0 unspecified atom stereocenters. The molecule has 136 valence electrons. The van der Waals surface area contributed by atoms with Crippen LogP contribution in [0.25, 0.3) is 0 Å². The van der Waals surface area contributed by atoms with Crippen LogP contribution in [0.2, 0.25) is 0 Å². The summed E-state index contributed by atoms with van der Waals surface area (Å²) in [5, 5.41) is 8.98. The monoisotopic (exact) mass is 355 g/mol. The van der Waals surface area contributed by atoms with Gasteiger partial charge in [0, 0.05) is 6.04 Å². The molecule has 0 aromatic heterocycles. The SMILES string of the molecule is Cc1cccc(C(=O)NC2CCNCC2)c1NC(=O)c1ccccc1F. The van der Waals surface area contributed by atoms with Gasteiger partial charge in [0.25, 0.3) is 11.8 Å². The molecule has 2 amide bonds. The van der Waals surface area contributed by atoms with E-state index in [-0.39, 0.29) is 17.5 Å². The van der Waals surface area contributed by atoms with Gasteiger partial charge in [-0.05, 0) is 56.6 Å². The van der Waals surface area contributed by atoms with Crippen LogP contribution in [0.3, 0.4) is 0 Å². The molecule has 6 heteroatoms. The third-order valence-corrected chi connectivity index (χ3v) is 4.55. The van der Waals surface area contributed by atoms with Gasteiger partial charge in [0.15, 0.2) is 0 Å². The first-order chi connectivity index (χ1) is 12.6. The fourth-order valence-electron chi connectivity index (χ4n) is 3.08. The van der Waals surface area contributed by atoms with Gasteiger partial charge in [0.2, 0.25) is 0 Å². The molecule has 1 aliphatic heterocycles. The molecule has 0 aliphatic carbocycles. The van der Waals surface area contributed by atoms with Crippen LogP contribution in [0, 0.1) is 12.7 Å². The highest BCUT2D eigenvalue weighted by molar-refractivity contribution is 6.09. The average molecular weight is 355 g/mol. The number of benzene rings is 2. The van der Waals surface area contributed by atoms with Crippen LogP contribution >= 0.6 is 0 Å². The number of rotatable bonds is 4. The zero-order valence-electron chi connectivity index (χ0n) is 14.6. The lowest BCUT2D eigenvalue weighted by molar-refractivity contribution is 0.0930.